The van der Waals surface area contributed by atoms with Crippen molar-refractivity contribution in [3.63, 3.8) is 0 Å². The number of nitrogens with one attached hydrogen (secondary N) is 2. The number of thiazole rings is 1. The van der Waals surface area contributed by atoms with E-state index < -0.39 is 0 Å². The maximum absolute atomic E-state index is 12.7. The summed E-state index contributed by atoms with van der Waals surface area (Å²) >= 11 is 3.55. The molecule has 2 N–H and O–H groups in total. The van der Waals surface area contributed by atoms with Gasteiger partial charge in [-0.15, -0.1) is 22.7 Å². The molecule has 0 radical (unpaired) electrons. The highest BCUT2D eigenvalue weighted by Gasteiger charge is 2.25. The molecule has 3 aromatic rings. The normalized spacial score (nSPS) is 14.9. The van der Waals surface area contributed by atoms with Gasteiger partial charge in [-0.3, -0.25) is 4.79 Å². The van der Waals surface area contributed by atoms with Crippen molar-refractivity contribution >= 4 is 38.7 Å². The van der Waals surface area contributed by atoms with Gasteiger partial charge in [0.15, 0.2) is 0 Å². The lowest BCUT2D eigenvalue weighted by Crippen LogP contribution is -2.27. The Bertz CT molecular complexity index is 942. The number of carbonyl (C=O) groups excluding carboxylic acids is 1. The topological polar surface area (TPSA) is 54.0 Å². The molecule has 1 aliphatic rings. The van der Waals surface area contributed by atoms with Gasteiger partial charge in [0.05, 0.1) is 10.2 Å². The SMILES string of the molecule is CCC(C)NCCC(=O)Cc1sc2c(c1-c1nc3ccccc3s1)CCNC2. The first-order valence-corrected chi connectivity index (χ1v) is 11.7. The van der Waals surface area contributed by atoms with Gasteiger partial charge < -0.3 is 10.6 Å². The van der Waals surface area contributed by atoms with Crippen LogP contribution in [-0.2, 0) is 24.2 Å². The van der Waals surface area contributed by atoms with Crippen LogP contribution in [0.1, 0.15) is 42.0 Å². The molecule has 28 heavy (non-hydrogen) atoms. The number of rotatable bonds is 8. The van der Waals surface area contributed by atoms with Crippen molar-refractivity contribution in [2.75, 3.05) is 13.1 Å². The molecule has 0 saturated carbocycles. The number of Topliss-reactive ketones (excluding diaryl/α,β-unsaturated/α-hetero) is 1. The zero-order valence-electron chi connectivity index (χ0n) is 16.5. The van der Waals surface area contributed by atoms with Crippen molar-refractivity contribution in [1.29, 1.82) is 0 Å². The predicted molar refractivity (Wildman–Crippen MR) is 119 cm³/mol. The fourth-order valence-corrected chi connectivity index (χ4v) is 6.10. The zero-order chi connectivity index (χ0) is 19.5. The van der Waals surface area contributed by atoms with Crippen LogP contribution in [0.2, 0.25) is 0 Å². The first kappa shape index (κ1) is 19.7. The Kier molecular flexibility index (Phi) is 6.21. The number of para-hydroxylation sites is 1. The second-order valence-electron chi connectivity index (χ2n) is 7.44. The van der Waals surface area contributed by atoms with E-state index in [1.165, 1.54) is 25.6 Å². The fourth-order valence-electron chi connectivity index (χ4n) is 3.61. The van der Waals surface area contributed by atoms with Crippen LogP contribution in [0.25, 0.3) is 20.8 Å². The molecular weight excluding hydrogens is 386 g/mol. The van der Waals surface area contributed by atoms with Crippen molar-refractivity contribution in [2.45, 2.75) is 52.1 Å². The summed E-state index contributed by atoms with van der Waals surface area (Å²) < 4.78 is 1.21. The number of thiophene rings is 1. The lowest BCUT2D eigenvalue weighted by atomic mass is 10.0. The molecule has 4 nitrogen and oxygen atoms in total. The van der Waals surface area contributed by atoms with Crippen LogP contribution < -0.4 is 10.6 Å². The third kappa shape index (κ3) is 4.20. The van der Waals surface area contributed by atoms with Crippen molar-refractivity contribution in [3.8, 4) is 10.6 Å². The van der Waals surface area contributed by atoms with Crippen molar-refractivity contribution in [1.82, 2.24) is 15.6 Å². The highest BCUT2D eigenvalue weighted by Crippen LogP contribution is 2.41. The van der Waals surface area contributed by atoms with Gasteiger partial charge in [0.2, 0.25) is 0 Å². The minimum Gasteiger partial charge on any atom is -0.314 e. The standard InChI is InChI=1S/C22H27N3OS2/c1-3-14(2)24-11-8-15(26)12-19-21(16-9-10-23-13-20(16)27-19)22-25-17-6-4-5-7-18(17)28-22/h4-7,14,23-24H,3,8-13H2,1-2H3. The molecule has 0 amide bonds. The largest absolute Gasteiger partial charge is 0.314 e. The summed E-state index contributed by atoms with van der Waals surface area (Å²) in [6, 6.07) is 8.76. The number of hydrogen-bond donors (Lipinski definition) is 2. The molecule has 3 heterocycles. The number of fused-ring (bicyclic) bond motifs is 2. The molecule has 148 valence electrons. The van der Waals surface area contributed by atoms with E-state index in [0.29, 0.717) is 24.7 Å². The van der Waals surface area contributed by atoms with Gasteiger partial charge in [-0.2, -0.15) is 0 Å². The summed E-state index contributed by atoms with van der Waals surface area (Å²) in [6.45, 7) is 6.98. The van der Waals surface area contributed by atoms with E-state index in [-0.39, 0.29) is 0 Å². The first-order valence-electron chi connectivity index (χ1n) is 10.1. The second kappa shape index (κ2) is 8.82. The lowest BCUT2D eigenvalue weighted by molar-refractivity contribution is -0.118. The Morgan fingerprint density at radius 2 is 2.18 bits per heavy atom. The molecule has 1 aromatic carbocycles. The van der Waals surface area contributed by atoms with Crippen LogP contribution in [-0.4, -0.2) is 29.9 Å². The molecule has 1 aliphatic heterocycles. The molecule has 0 fully saturated rings. The van der Waals surface area contributed by atoms with Crippen molar-refractivity contribution in [2.24, 2.45) is 0 Å². The molecule has 1 atom stereocenters. The summed E-state index contributed by atoms with van der Waals surface area (Å²) in [5.41, 5.74) is 3.70. The number of nitrogens with zero attached hydrogens (tertiary/aromatic N) is 1. The quantitative estimate of drug-likeness (QED) is 0.568. The average molecular weight is 414 g/mol. The molecule has 0 saturated heterocycles. The highest BCUT2D eigenvalue weighted by atomic mass is 32.1. The third-order valence-corrected chi connectivity index (χ3v) is 7.66. The summed E-state index contributed by atoms with van der Waals surface area (Å²) in [5.74, 6) is 0.310. The highest BCUT2D eigenvalue weighted by molar-refractivity contribution is 7.22. The molecule has 4 rings (SSSR count). The van der Waals surface area contributed by atoms with Gasteiger partial charge in [-0.05, 0) is 44.0 Å². The van der Waals surface area contributed by atoms with E-state index in [1.54, 1.807) is 22.7 Å². The molecule has 0 aliphatic carbocycles. The Labute approximate surface area is 174 Å². The van der Waals surface area contributed by atoms with Gasteiger partial charge in [0.1, 0.15) is 10.8 Å². The van der Waals surface area contributed by atoms with Gasteiger partial charge >= 0.3 is 0 Å². The van der Waals surface area contributed by atoms with Gasteiger partial charge in [-0.25, -0.2) is 4.98 Å². The van der Waals surface area contributed by atoms with Gasteiger partial charge in [0.25, 0.3) is 0 Å². The average Bonchev–Trinajstić information content (AvgIpc) is 3.27. The monoisotopic (exact) mass is 413 g/mol. The summed E-state index contributed by atoms with van der Waals surface area (Å²) in [6.07, 6.45) is 3.21. The fraction of sp³-hybridized carbons (Fsp3) is 0.455. The van der Waals surface area contributed by atoms with Crippen LogP contribution in [0.4, 0.5) is 0 Å². The Balaban J connectivity index is 1.60. The predicted octanol–water partition coefficient (Wildman–Crippen LogP) is 4.56. The first-order chi connectivity index (χ1) is 13.7. The van der Waals surface area contributed by atoms with Crippen LogP contribution in [0.3, 0.4) is 0 Å². The number of aromatic nitrogens is 1. The molecule has 1 unspecified atom stereocenters. The minimum absolute atomic E-state index is 0.310. The molecule has 2 aromatic heterocycles. The van der Waals surface area contributed by atoms with E-state index in [1.807, 2.05) is 6.07 Å². The van der Waals surface area contributed by atoms with Crippen LogP contribution >= 0.6 is 22.7 Å². The van der Waals surface area contributed by atoms with Gasteiger partial charge in [0, 0.05) is 47.3 Å². The van der Waals surface area contributed by atoms with Crippen LogP contribution in [0, 0.1) is 0 Å². The minimum atomic E-state index is 0.310. The maximum atomic E-state index is 12.7. The summed E-state index contributed by atoms with van der Waals surface area (Å²) in [4.78, 5) is 20.2. The number of benzene rings is 1. The van der Waals surface area contributed by atoms with Gasteiger partial charge in [-0.1, -0.05) is 19.1 Å². The van der Waals surface area contributed by atoms with E-state index in [2.05, 4.69) is 42.7 Å². The van der Waals surface area contributed by atoms with Crippen LogP contribution in [0.15, 0.2) is 24.3 Å². The van der Waals surface area contributed by atoms with E-state index in [4.69, 9.17) is 4.98 Å². The smallest absolute Gasteiger partial charge is 0.139 e. The lowest BCUT2D eigenvalue weighted by Gasteiger charge is -2.13. The molecule has 6 heteroatoms. The van der Waals surface area contributed by atoms with Crippen molar-refractivity contribution < 1.29 is 4.79 Å². The molecule has 0 bridgehead atoms. The van der Waals surface area contributed by atoms with Crippen LogP contribution in [0.5, 0.6) is 0 Å². The van der Waals surface area contributed by atoms with E-state index >= 15 is 0 Å². The summed E-state index contributed by atoms with van der Waals surface area (Å²) in [5, 5.41) is 7.96. The number of ketones is 1. The van der Waals surface area contributed by atoms with Crippen molar-refractivity contribution in [3.05, 3.63) is 39.6 Å². The second-order valence-corrected chi connectivity index (χ2v) is 9.66. The molecule has 0 spiro atoms. The molecular formula is C22H27N3OS2. The number of hydrogen-bond acceptors (Lipinski definition) is 6. The Morgan fingerprint density at radius 3 is 3.00 bits per heavy atom. The third-order valence-electron chi connectivity index (χ3n) is 5.38. The summed E-state index contributed by atoms with van der Waals surface area (Å²) in [7, 11) is 0. The maximum Gasteiger partial charge on any atom is 0.139 e. The number of carbonyl (C=O) groups is 1. The zero-order valence-corrected chi connectivity index (χ0v) is 18.1. The Morgan fingerprint density at radius 1 is 1.32 bits per heavy atom. The Hall–Kier alpha value is -1.60. The van der Waals surface area contributed by atoms with E-state index in [9.17, 15) is 4.79 Å². The van der Waals surface area contributed by atoms with E-state index in [0.717, 1.165) is 43.0 Å².